The quantitative estimate of drug-likeness (QED) is 0.493. The van der Waals surface area contributed by atoms with Crippen LogP contribution in [0.3, 0.4) is 0 Å². The van der Waals surface area contributed by atoms with Crippen LogP contribution in [0.2, 0.25) is 0 Å². The number of fused-ring (bicyclic) bond motifs is 1. The molecule has 0 bridgehead atoms. The second-order valence-electron chi connectivity index (χ2n) is 10.2. The van der Waals surface area contributed by atoms with Gasteiger partial charge >= 0.3 is 0 Å². The standard InChI is InChI=1S/C28H34N6O3S/c1-19-7-5-9-23(17-19)34-20(2)28(35)33(4)25-11-12-26(30-27(25)34)29-22-8-6-10-24(18-22)38(36,37)31-21-13-15-32(3)16-14-21/h5-12,17-18,20-21,31H,13-16H2,1-4H3,(H,29,30). The number of hydrogen-bond acceptors (Lipinski definition) is 7. The van der Waals surface area contributed by atoms with E-state index in [1.807, 2.05) is 62.2 Å². The summed E-state index contributed by atoms with van der Waals surface area (Å²) in [4.78, 5) is 23.9. The van der Waals surface area contributed by atoms with E-state index in [9.17, 15) is 13.2 Å². The summed E-state index contributed by atoms with van der Waals surface area (Å²) in [6, 6.07) is 17.9. The molecule has 200 valence electrons. The van der Waals surface area contributed by atoms with E-state index in [0.29, 0.717) is 23.0 Å². The van der Waals surface area contributed by atoms with Gasteiger partial charge in [0.05, 0.1) is 10.6 Å². The van der Waals surface area contributed by atoms with Gasteiger partial charge in [-0.25, -0.2) is 18.1 Å². The predicted molar refractivity (Wildman–Crippen MR) is 151 cm³/mol. The number of nitrogens with zero attached hydrogens (tertiary/aromatic N) is 4. The number of likely N-dealkylation sites (N-methyl/N-ethyl adjacent to an activating group) is 1. The lowest BCUT2D eigenvalue weighted by atomic mass is 10.1. The minimum absolute atomic E-state index is 0.0171. The van der Waals surface area contributed by atoms with Gasteiger partial charge in [-0.3, -0.25) is 4.79 Å². The molecule has 2 aliphatic rings. The number of aromatic nitrogens is 1. The van der Waals surface area contributed by atoms with Crippen molar-refractivity contribution in [3.05, 3.63) is 66.2 Å². The number of amides is 1. The van der Waals surface area contributed by atoms with Gasteiger partial charge in [0.25, 0.3) is 0 Å². The molecule has 9 nitrogen and oxygen atoms in total. The van der Waals surface area contributed by atoms with E-state index in [1.54, 1.807) is 36.2 Å². The summed E-state index contributed by atoms with van der Waals surface area (Å²) in [5.41, 5.74) is 3.29. The van der Waals surface area contributed by atoms with Crippen molar-refractivity contribution in [2.45, 2.75) is 43.7 Å². The lowest BCUT2D eigenvalue weighted by molar-refractivity contribution is -0.119. The first-order valence-corrected chi connectivity index (χ1v) is 14.3. The third kappa shape index (κ3) is 5.24. The Kier molecular flexibility index (Phi) is 7.13. The fraction of sp³-hybridized carbons (Fsp3) is 0.357. The number of pyridine rings is 1. The number of nitrogens with one attached hydrogen (secondary N) is 2. The number of hydrogen-bond donors (Lipinski definition) is 2. The Hall–Kier alpha value is -3.47. The van der Waals surface area contributed by atoms with Crippen molar-refractivity contribution in [3.8, 4) is 0 Å². The summed E-state index contributed by atoms with van der Waals surface area (Å²) in [6.07, 6.45) is 1.58. The molecular formula is C28H34N6O3S. The maximum Gasteiger partial charge on any atom is 0.249 e. The third-order valence-electron chi connectivity index (χ3n) is 7.26. The van der Waals surface area contributed by atoms with Crippen molar-refractivity contribution in [1.29, 1.82) is 0 Å². The van der Waals surface area contributed by atoms with Crippen LogP contribution in [0.25, 0.3) is 0 Å². The van der Waals surface area contributed by atoms with Crippen molar-refractivity contribution in [3.63, 3.8) is 0 Å². The monoisotopic (exact) mass is 534 g/mol. The topological polar surface area (TPSA) is 97.9 Å². The maximum atomic E-state index is 13.1. The highest BCUT2D eigenvalue weighted by atomic mass is 32.2. The van der Waals surface area contributed by atoms with Crippen LogP contribution in [0.15, 0.2) is 65.6 Å². The van der Waals surface area contributed by atoms with Crippen LogP contribution in [-0.4, -0.2) is 63.5 Å². The Morgan fingerprint density at radius 2 is 1.71 bits per heavy atom. The third-order valence-corrected chi connectivity index (χ3v) is 8.77. The van der Waals surface area contributed by atoms with Crippen molar-refractivity contribution in [2.75, 3.05) is 42.3 Å². The fourth-order valence-electron chi connectivity index (χ4n) is 5.07. The Bertz CT molecular complexity index is 1450. The van der Waals surface area contributed by atoms with Gasteiger partial charge in [-0.2, -0.15) is 0 Å². The molecule has 2 aromatic carbocycles. The molecule has 1 unspecified atom stereocenters. The number of carbonyl (C=O) groups is 1. The zero-order valence-corrected chi connectivity index (χ0v) is 23.0. The molecule has 2 N–H and O–H groups in total. The summed E-state index contributed by atoms with van der Waals surface area (Å²) in [5, 5.41) is 3.26. The van der Waals surface area contributed by atoms with Crippen LogP contribution in [-0.2, 0) is 14.8 Å². The van der Waals surface area contributed by atoms with E-state index < -0.39 is 16.1 Å². The molecule has 3 heterocycles. The number of sulfonamides is 1. The zero-order valence-electron chi connectivity index (χ0n) is 22.2. The van der Waals surface area contributed by atoms with Gasteiger partial charge < -0.3 is 20.0 Å². The minimum atomic E-state index is -3.66. The Balaban J connectivity index is 1.42. The maximum absolute atomic E-state index is 13.1. The SMILES string of the molecule is Cc1cccc(N2c3nc(Nc4cccc(S(=O)(=O)NC5CCN(C)CC5)c4)ccc3N(C)C(=O)C2C)c1. The van der Waals surface area contributed by atoms with Gasteiger partial charge in [0, 0.05) is 24.5 Å². The van der Waals surface area contributed by atoms with E-state index in [2.05, 4.69) is 14.9 Å². The van der Waals surface area contributed by atoms with E-state index >= 15 is 0 Å². The highest BCUT2D eigenvalue weighted by Crippen LogP contribution is 2.40. The molecule has 3 aromatic rings. The molecule has 5 rings (SSSR count). The molecule has 1 fully saturated rings. The van der Waals surface area contributed by atoms with Gasteiger partial charge in [-0.15, -0.1) is 0 Å². The summed E-state index contributed by atoms with van der Waals surface area (Å²) in [7, 11) is 0.145. The molecular weight excluding hydrogens is 500 g/mol. The predicted octanol–water partition coefficient (Wildman–Crippen LogP) is 4.01. The van der Waals surface area contributed by atoms with E-state index in [1.165, 1.54) is 0 Å². The lowest BCUT2D eigenvalue weighted by Gasteiger charge is -2.39. The van der Waals surface area contributed by atoms with Gasteiger partial charge in [-0.05, 0) is 94.9 Å². The van der Waals surface area contributed by atoms with Gasteiger partial charge in [0.1, 0.15) is 11.9 Å². The molecule has 1 amide bonds. The molecule has 2 aliphatic heterocycles. The summed E-state index contributed by atoms with van der Waals surface area (Å²) in [5.74, 6) is 1.19. The first kappa shape index (κ1) is 26.1. The fourth-order valence-corrected chi connectivity index (χ4v) is 6.42. The molecule has 0 saturated carbocycles. The largest absolute Gasteiger partial charge is 0.340 e. The molecule has 1 saturated heterocycles. The molecule has 1 aromatic heterocycles. The van der Waals surface area contributed by atoms with Crippen molar-refractivity contribution < 1.29 is 13.2 Å². The number of piperidine rings is 1. The first-order valence-electron chi connectivity index (χ1n) is 12.8. The van der Waals surface area contributed by atoms with Crippen LogP contribution in [0.1, 0.15) is 25.3 Å². The second kappa shape index (κ2) is 10.4. The van der Waals surface area contributed by atoms with E-state index in [-0.39, 0.29) is 16.8 Å². The number of anilines is 5. The van der Waals surface area contributed by atoms with Crippen LogP contribution in [0.5, 0.6) is 0 Å². The van der Waals surface area contributed by atoms with E-state index in [4.69, 9.17) is 4.98 Å². The van der Waals surface area contributed by atoms with Crippen LogP contribution in [0, 0.1) is 6.92 Å². The van der Waals surface area contributed by atoms with Crippen molar-refractivity contribution in [1.82, 2.24) is 14.6 Å². The van der Waals surface area contributed by atoms with Gasteiger partial charge in [0.15, 0.2) is 5.82 Å². The highest BCUT2D eigenvalue weighted by Gasteiger charge is 2.36. The van der Waals surface area contributed by atoms with Crippen LogP contribution in [0.4, 0.5) is 28.7 Å². The summed E-state index contributed by atoms with van der Waals surface area (Å²) < 4.78 is 29.1. The smallest absolute Gasteiger partial charge is 0.249 e. The normalized spacial score (nSPS) is 18.9. The average Bonchev–Trinajstić information content (AvgIpc) is 2.89. The highest BCUT2D eigenvalue weighted by molar-refractivity contribution is 7.89. The lowest BCUT2D eigenvalue weighted by Crippen LogP contribution is -2.49. The van der Waals surface area contributed by atoms with Crippen LogP contribution >= 0.6 is 0 Å². The first-order chi connectivity index (χ1) is 18.1. The zero-order chi connectivity index (χ0) is 27.0. The molecule has 1 atom stereocenters. The van der Waals surface area contributed by atoms with Gasteiger partial charge in [0.2, 0.25) is 15.9 Å². The number of likely N-dealkylation sites (tertiary alicyclic amines) is 1. The summed E-state index contributed by atoms with van der Waals surface area (Å²) >= 11 is 0. The summed E-state index contributed by atoms with van der Waals surface area (Å²) in [6.45, 7) is 5.63. The molecule has 0 spiro atoms. The number of aryl methyl sites for hydroxylation is 1. The number of rotatable bonds is 6. The minimum Gasteiger partial charge on any atom is -0.340 e. The van der Waals surface area contributed by atoms with Crippen LogP contribution < -0.4 is 19.8 Å². The molecule has 10 heteroatoms. The molecule has 38 heavy (non-hydrogen) atoms. The molecule has 0 aliphatic carbocycles. The average molecular weight is 535 g/mol. The Labute approximate surface area is 224 Å². The molecule has 0 radical (unpaired) electrons. The number of carbonyl (C=O) groups excluding carboxylic acids is 1. The Morgan fingerprint density at radius 3 is 2.45 bits per heavy atom. The Morgan fingerprint density at radius 1 is 0.974 bits per heavy atom. The number of benzene rings is 2. The van der Waals surface area contributed by atoms with Crippen molar-refractivity contribution >= 4 is 44.6 Å². The van der Waals surface area contributed by atoms with Gasteiger partial charge in [-0.1, -0.05) is 18.2 Å². The van der Waals surface area contributed by atoms with Crippen molar-refractivity contribution in [2.24, 2.45) is 0 Å². The second-order valence-corrected chi connectivity index (χ2v) is 11.9. The van der Waals surface area contributed by atoms with E-state index in [0.717, 1.165) is 37.2 Å².